The van der Waals surface area contributed by atoms with E-state index >= 15 is 0 Å². The van der Waals surface area contributed by atoms with Crippen LogP contribution in [0.1, 0.15) is 38.5 Å². The van der Waals surface area contributed by atoms with Crippen LogP contribution in [0.2, 0.25) is 0 Å². The fourth-order valence-electron chi connectivity index (χ4n) is 1.46. The first-order chi connectivity index (χ1) is 5.43. The number of unbranched alkanes of at least 4 members (excludes halogenated alkanes) is 1. The molecule has 0 heterocycles. The average molecular weight is 169 g/mol. The van der Waals surface area contributed by atoms with Crippen LogP contribution in [0.25, 0.3) is 0 Å². The van der Waals surface area contributed by atoms with E-state index in [0.717, 1.165) is 18.1 Å². The molecule has 1 aliphatic carbocycles. The third-order valence-corrected chi connectivity index (χ3v) is 3.56. The quantitative estimate of drug-likeness (QED) is 0.604. The second kappa shape index (κ2) is 5.49. The Bertz CT molecular complexity index is 133. The minimum Gasteiger partial charge on any atom is -0.198 e. The van der Waals surface area contributed by atoms with Crippen molar-refractivity contribution in [1.82, 2.24) is 0 Å². The largest absolute Gasteiger partial charge is 0.198 e. The van der Waals surface area contributed by atoms with E-state index in [2.05, 4.69) is 17.8 Å². The zero-order chi connectivity index (χ0) is 7.94. The van der Waals surface area contributed by atoms with Crippen LogP contribution in [0.4, 0.5) is 0 Å². The Morgan fingerprint density at radius 2 is 2.09 bits per heavy atom. The van der Waals surface area contributed by atoms with Gasteiger partial charge in [0.25, 0.3) is 0 Å². The standard InChI is InChI=1S/C9H15NS/c10-7-3-4-8-11-9-5-1-2-6-9/h9H,1-6,8H2. The van der Waals surface area contributed by atoms with Crippen LogP contribution in [0, 0.1) is 11.3 Å². The van der Waals surface area contributed by atoms with Crippen molar-refractivity contribution in [3.8, 4) is 6.07 Å². The van der Waals surface area contributed by atoms with E-state index in [4.69, 9.17) is 5.26 Å². The van der Waals surface area contributed by atoms with Crippen molar-refractivity contribution in [3.05, 3.63) is 0 Å². The van der Waals surface area contributed by atoms with Gasteiger partial charge >= 0.3 is 0 Å². The predicted molar refractivity (Wildman–Crippen MR) is 49.6 cm³/mol. The summed E-state index contributed by atoms with van der Waals surface area (Å²) in [5, 5.41) is 9.22. The SMILES string of the molecule is N#CCCCSC1CCCC1. The molecule has 0 unspecified atom stereocenters. The van der Waals surface area contributed by atoms with E-state index in [0.29, 0.717) is 0 Å². The Morgan fingerprint density at radius 1 is 1.36 bits per heavy atom. The highest BCUT2D eigenvalue weighted by atomic mass is 32.2. The highest BCUT2D eigenvalue weighted by Gasteiger charge is 2.14. The molecule has 11 heavy (non-hydrogen) atoms. The Balaban J connectivity index is 1.90. The summed E-state index contributed by atoms with van der Waals surface area (Å²) in [5.41, 5.74) is 0. The first kappa shape index (κ1) is 8.93. The van der Waals surface area contributed by atoms with Crippen molar-refractivity contribution in [3.63, 3.8) is 0 Å². The smallest absolute Gasteiger partial charge is 0.0622 e. The summed E-state index contributed by atoms with van der Waals surface area (Å²) in [6, 6.07) is 2.18. The van der Waals surface area contributed by atoms with E-state index in [1.165, 1.54) is 31.4 Å². The monoisotopic (exact) mass is 169 g/mol. The molecule has 0 radical (unpaired) electrons. The Kier molecular flexibility index (Phi) is 4.45. The normalized spacial score (nSPS) is 18.5. The van der Waals surface area contributed by atoms with Gasteiger partial charge in [0.1, 0.15) is 0 Å². The fourth-order valence-corrected chi connectivity index (χ4v) is 2.77. The van der Waals surface area contributed by atoms with Gasteiger partial charge in [-0.05, 0) is 25.0 Å². The molecule has 1 rings (SSSR count). The molecule has 0 aromatic carbocycles. The molecule has 2 heteroatoms. The summed E-state index contributed by atoms with van der Waals surface area (Å²) < 4.78 is 0. The lowest BCUT2D eigenvalue weighted by atomic mass is 10.4. The van der Waals surface area contributed by atoms with Gasteiger partial charge in [0.15, 0.2) is 0 Å². The zero-order valence-corrected chi connectivity index (χ0v) is 7.70. The fraction of sp³-hybridized carbons (Fsp3) is 0.889. The van der Waals surface area contributed by atoms with Crippen molar-refractivity contribution in [2.75, 3.05) is 5.75 Å². The highest BCUT2D eigenvalue weighted by molar-refractivity contribution is 7.99. The lowest BCUT2D eigenvalue weighted by molar-refractivity contribution is 0.886. The summed E-state index contributed by atoms with van der Waals surface area (Å²) >= 11 is 2.07. The van der Waals surface area contributed by atoms with Gasteiger partial charge in [-0.2, -0.15) is 17.0 Å². The van der Waals surface area contributed by atoms with Crippen LogP contribution in [0.3, 0.4) is 0 Å². The molecular weight excluding hydrogens is 154 g/mol. The molecule has 1 nitrogen and oxygen atoms in total. The maximum Gasteiger partial charge on any atom is 0.0622 e. The highest BCUT2D eigenvalue weighted by Crippen LogP contribution is 2.29. The second-order valence-corrected chi connectivity index (χ2v) is 4.45. The van der Waals surface area contributed by atoms with Crippen LogP contribution >= 0.6 is 11.8 Å². The van der Waals surface area contributed by atoms with E-state index < -0.39 is 0 Å². The molecule has 0 aromatic rings. The maximum atomic E-state index is 8.30. The lowest BCUT2D eigenvalue weighted by Crippen LogP contribution is -1.95. The summed E-state index contributed by atoms with van der Waals surface area (Å²) in [5.74, 6) is 1.19. The third-order valence-electron chi connectivity index (χ3n) is 2.09. The molecular formula is C9H15NS. The molecule has 0 bridgehead atoms. The van der Waals surface area contributed by atoms with E-state index in [1.807, 2.05) is 0 Å². The molecule has 0 spiro atoms. The van der Waals surface area contributed by atoms with Crippen LogP contribution in [0.15, 0.2) is 0 Å². The third kappa shape index (κ3) is 3.67. The Morgan fingerprint density at radius 3 is 2.73 bits per heavy atom. The average Bonchev–Trinajstić information content (AvgIpc) is 2.50. The van der Waals surface area contributed by atoms with Gasteiger partial charge in [0.2, 0.25) is 0 Å². The number of hydrogen-bond donors (Lipinski definition) is 0. The van der Waals surface area contributed by atoms with Crippen molar-refractivity contribution in [2.24, 2.45) is 0 Å². The van der Waals surface area contributed by atoms with Crippen LogP contribution in [-0.4, -0.2) is 11.0 Å². The molecule has 62 valence electrons. The van der Waals surface area contributed by atoms with Crippen molar-refractivity contribution in [2.45, 2.75) is 43.8 Å². The summed E-state index contributed by atoms with van der Waals surface area (Å²) in [6.45, 7) is 0. The molecule has 0 aromatic heterocycles. The van der Waals surface area contributed by atoms with Gasteiger partial charge in [-0.1, -0.05) is 12.8 Å². The summed E-state index contributed by atoms with van der Waals surface area (Å²) in [7, 11) is 0. The van der Waals surface area contributed by atoms with Gasteiger partial charge in [-0.15, -0.1) is 0 Å². The van der Waals surface area contributed by atoms with Crippen LogP contribution in [-0.2, 0) is 0 Å². The first-order valence-corrected chi connectivity index (χ1v) is 5.47. The molecule has 1 aliphatic rings. The second-order valence-electron chi connectivity index (χ2n) is 3.04. The number of thioether (sulfide) groups is 1. The van der Waals surface area contributed by atoms with Gasteiger partial charge in [0.05, 0.1) is 6.07 Å². The summed E-state index contributed by atoms with van der Waals surface area (Å²) in [4.78, 5) is 0. The number of rotatable bonds is 4. The van der Waals surface area contributed by atoms with Gasteiger partial charge in [-0.3, -0.25) is 0 Å². The molecule has 1 fully saturated rings. The molecule has 0 saturated heterocycles. The topological polar surface area (TPSA) is 23.8 Å². The molecule has 0 aliphatic heterocycles. The zero-order valence-electron chi connectivity index (χ0n) is 6.88. The van der Waals surface area contributed by atoms with Crippen LogP contribution in [0.5, 0.6) is 0 Å². The van der Waals surface area contributed by atoms with Gasteiger partial charge in [0, 0.05) is 11.7 Å². The van der Waals surface area contributed by atoms with Crippen LogP contribution < -0.4 is 0 Å². The Labute approximate surface area is 73.2 Å². The maximum absolute atomic E-state index is 8.30. The van der Waals surface area contributed by atoms with E-state index in [1.54, 1.807) is 0 Å². The van der Waals surface area contributed by atoms with Gasteiger partial charge < -0.3 is 0 Å². The van der Waals surface area contributed by atoms with Crippen molar-refractivity contribution < 1.29 is 0 Å². The first-order valence-electron chi connectivity index (χ1n) is 4.42. The molecule has 0 N–H and O–H groups in total. The van der Waals surface area contributed by atoms with Crippen molar-refractivity contribution >= 4 is 11.8 Å². The van der Waals surface area contributed by atoms with Crippen molar-refractivity contribution in [1.29, 1.82) is 5.26 Å². The molecule has 0 amide bonds. The molecule has 1 saturated carbocycles. The predicted octanol–water partition coefficient (Wildman–Crippen LogP) is 2.97. The van der Waals surface area contributed by atoms with Gasteiger partial charge in [-0.25, -0.2) is 0 Å². The number of nitrogens with zero attached hydrogens (tertiary/aromatic N) is 1. The number of nitriles is 1. The minimum atomic E-state index is 0.736. The van der Waals surface area contributed by atoms with E-state index in [9.17, 15) is 0 Å². The number of hydrogen-bond acceptors (Lipinski definition) is 2. The molecule has 0 atom stereocenters. The minimum absolute atomic E-state index is 0.736. The van der Waals surface area contributed by atoms with E-state index in [-0.39, 0.29) is 0 Å². The Hall–Kier alpha value is -0.160. The lowest BCUT2D eigenvalue weighted by Gasteiger charge is -2.06. The summed E-state index contributed by atoms with van der Waals surface area (Å²) in [6.07, 6.45) is 7.50.